The summed E-state index contributed by atoms with van der Waals surface area (Å²) in [6.45, 7) is 0. The molecule has 1 aliphatic heterocycles. The molecule has 2 unspecified atom stereocenters. The van der Waals surface area contributed by atoms with Gasteiger partial charge in [-0.25, -0.2) is 4.99 Å². The Bertz CT molecular complexity index is 3260. The number of rotatable bonds is 5. The van der Waals surface area contributed by atoms with Crippen LogP contribution in [-0.4, -0.2) is 10.4 Å². The third-order valence-corrected chi connectivity index (χ3v) is 14.2. The summed E-state index contributed by atoms with van der Waals surface area (Å²) in [5.74, 6) is 0.910. The first kappa shape index (κ1) is 32.9. The van der Waals surface area contributed by atoms with Crippen LogP contribution in [0, 0.1) is 0 Å². The van der Waals surface area contributed by atoms with E-state index in [2.05, 4.69) is 185 Å². The highest BCUT2D eigenvalue weighted by molar-refractivity contribution is 7.26. The van der Waals surface area contributed by atoms with Crippen molar-refractivity contribution in [1.82, 2.24) is 15.2 Å². The molecule has 0 spiro atoms. The van der Waals surface area contributed by atoms with E-state index in [0.29, 0.717) is 0 Å². The van der Waals surface area contributed by atoms with Crippen LogP contribution in [-0.2, 0) is 6.42 Å². The quantitative estimate of drug-likeness (QED) is 0.183. The number of aliphatic imine (C=N–C) groups is 1. The van der Waals surface area contributed by atoms with Gasteiger partial charge in [-0.1, -0.05) is 121 Å². The number of fused-ring (bicyclic) bond motifs is 9. The van der Waals surface area contributed by atoms with E-state index >= 15 is 0 Å². The van der Waals surface area contributed by atoms with E-state index in [-0.39, 0.29) is 12.3 Å². The van der Waals surface area contributed by atoms with E-state index in [9.17, 15) is 0 Å². The van der Waals surface area contributed by atoms with Gasteiger partial charge in [-0.15, -0.1) is 22.7 Å². The zero-order valence-corrected chi connectivity index (χ0v) is 32.6. The summed E-state index contributed by atoms with van der Waals surface area (Å²) in [6, 6.07) is 57.5. The van der Waals surface area contributed by atoms with Gasteiger partial charge in [0.05, 0.1) is 15.9 Å². The predicted molar refractivity (Wildman–Crippen MR) is 243 cm³/mol. The van der Waals surface area contributed by atoms with Gasteiger partial charge in [0.2, 0.25) is 0 Å². The minimum atomic E-state index is -0.173. The average molecular weight is 769 g/mol. The van der Waals surface area contributed by atoms with Crippen LogP contribution < -0.4 is 10.6 Å². The molecule has 0 radical (unpaired) electrons. The van der Waals surface area contributed by atoms with Gasteiger partial charge in [0.1, 0.15) is 18.2 Å². The molecule has 4 nitrogen and oxygen atoms in total. The summed E-state index contributed by atoms with van der Waals surface area (Å²) >= 11 is 3.75. The Kier molecular flexibility index (Phi) is 7.58. The number of aromatic nitrogens is 1. The monoisotopic (exact) mass is 768 g/mol. The lowest BCUT2D eigenvalue weighted by atomic mass is 10.00. The van der Waals surface area contributed by atoms with Gasteiger partial charge in [-0.3, -0.25) is 5.32 Å². The summed E-state index contributed by atoms with van der Waals surface area (Å²) in [5.41, 5.74) is 11.3. The number of nitrogens with one attached hydrogen (secondary N) is 2. The fourth-order valence-electron chi connectivity index (χ4n) is 9.07. The lowest BCUT2D eigenvalue weighted by Crippen LogP contribution is -2.44. The molecule has 0 saturated carbocycles. The van der Waals surface area contributed by atoms with Crippen LogP contribution in [0.25, 0.3) is 74.1 Å². The fourth-order valence-corrected chi connectivity index (χ4v) is 11.5. The van der Waals surface area contributed by atoms with Crippen molar-refractivity contribution in [2.24, 2.45) is 4.99 Å². The van der Waals surface area contributed by atoms with Gasteiger partial charge in [-0.2, -0.15) is 0 Å². The van der Waals surface area contributed by atoms with Crippen LogP contribution in [0.1, 0.15) is 46.7 Å². The first-order valence-electron chi connectivity index (χ1n) is 19.7. The topological polar surface area (TPSA) is 41.4 Å². The summed E-state index contributed by atoms with van der Waals surface area (Å²) in [5, 5.41) is 14.0. The number of hydrogen-bond acceptors (Lipinski definition) is 5. The smallest absolute Gasteiger partial charge is 0.133 e. The molecule has 2 atom stereocenters. The number of allylic oxidation sites excluding steroid dienone is 1. The molecule has 3 aromatic heterocycles. The Balaban J connectivity index is 0.957. The van der Waals surface area contributed by atoms with Crippen molar-refractivity contribution in [2.45, 2.75) is 25.2 Å². The maximum Gasteiger partial charge on any atom is 0.133 e. The molecule has 57 heavy (non-hydrogen) atoms. The molecule has 272 valence electrons. The molecule has 0 saturated heterocycles. The number of thiophene rings is 2. The summed E-state index contributed by atoms with van der Waals surface area (Å²) in [7, 11) is 0. The zero-order valence-electron chi connectivity index (χ0n) is 30.9. The lowest BCUT2D eigenvalue weighted by Gasteiger charge is -2.32. The minimum Gasteiger partial charge on any atom is -0.350 e. The van der Waals surface area contributed by atoms with E-state index in [4.69, 9.17) is 4.99 Å². The average Bonchev–Trinajstić information content (AvgIpc) is 3.96. The van der Waals surface area contributed by atoms with Crippen molar-refractivity contribution < 1.29 is 0 Å². The van der Waals surface area contributed by atoms with E-state index in [1.54, 1.807) is 0 Å². The van der Waals surface area contributed by atoms with E-state index in [1.165, 1.54) is 84.9 Å². The molecular weight excluding hydrogens is 733 g/mol. The van der Waals surface area contributed by atoms with Crippen molar-refractivity contribution in [2.75, 3.05) is 0 Å². The number of benzene rings is 7. The molecule has 4 heterocycles. The molecule has 0 amide bonds. The fraction of sp³-hybridized carbons (Fsp3) is 0.0784. The Morgan fingerprint density at radius 3 is 2.00 bits per heavy atom. The van der Waals surface area contributed by atoms with Crippen molar-refractivity contribution in [3.8, 4) is 16.8 Å². The van der Waals surface area contributed by atoms with Gasteiger partial charge in [0, 0.05) is 52.3 Å². The second-order valence-corrected chi connectivity index (χ2v) is 17.2. The predicted octanol–water partition coefficient (Wildman–Crippen LogP) is 13.3. The van der Waals surface area contributed by atoms with Gasteiger partial charge < -0.3 is 9.88 Å². The summed E-state index contributed by atoms with van der Waals surface area (Å²) in [6.07, 6.45) is 6.58. The van der Waals surface area contributed by atoms with E-state index in [0.717, 1.165) is 29.8 Å². The second kappa shape index (κ2) is 13.1. The minimum absolute atomic E-state index is 0.0795. The number of para-hydroxylation sites is 1. The highest BCUT2D eigenvalue weighted by atomic mass is 32.1. The van der Waals surface area contributed by atoms with Gasteiger partial charge in [0.15, 0.2) is 0 Å². The van der Waals surface area contributed by atoms with Crippen LogP contribution in [0.4, 0.5) is 0 Å². The van der Waals surface area contributed by atoms with Crippen LogP contribution in [0.3, 0.4) is 0 Å². The zero-order chi connectivity index (χ0) is 37.5. The van der Waals surface area contributed by atoms with Crippen molar-refractivity contribution >= 4 is 85.8 Å². The second-order valence-electron chi connectivity index (χ2n) is 15.1. The molecule has 10 aromatic rings. The highest BCUT2D eigenvalue weighted by Crippen LogP contribution is 2.44. The number of aryl methyl sites for hydroxylation is 1. The van der Waals surface area contributed by atoms with E-state index < -0.39 is 0 Å². The first-order valence-corrected chi connectivity index (χ1v) is 21.3. The van der Waals surface area contributed by atoms with Crippen molar-refractivity contribution in [3.63, 3.8) is 0 Å². The molecule has 7 aromatic carbocycles. The molecule has 2 aliphatic rings. The van der Waals surface area contributed by atoms with E-state index in [1.807, 2.05) is 22.7 Å². The summed E-state index contributed by atoms with van der Waals surface area (Å²) < 4.78 is 7.66. The van der Waals surface area contributed by atoms with Crippen LogP contribution >= 0.6 is 22.7 Å². The maximum atomic E-state index is 5.29. The van der Waals surface area contributed by atoms with Crippen LogP contribution in [0.5, 0.6) is 0 Å². The molecule has 2 N–H and O–H groups in total. The lowest BCUT2D eigenvalue weighted by molar-refractivity contribution is 0.409. The molecule has 1 aliphatic carbocycles. The number of amidine groups is 1. The van der Waals surface area contributed by atoms with Crippen molar-refractivity contribution in [3.05, 3.63) is 192 Å². The SMILES string of the molecule is C1=Cc2c(c3ccccc3n2-c2cccc3c2sc2ccc(-c4ccc5sc6c(C7=NC(c8ccccc8)NC(c8ccccc8)N7)cccc6c5c4)cc23)CC1. The molecule has 6 heteroatoms. The van der Waals surface area contributed by atoms with Crippen molar-refractivity contribution in [1.29, 1.82) is 0 Å². The van der Waals surface area contributed by atoms with Gasteiger partial charge in [0.25, 0.3) is 0 Å². The molecular formula is C51H36N4S2. The highest BCUT2D eigenvalue weighted by Gasteiger charge is 2.27. The van der Waals surface area contributed by atoms with Crippen LogP contribution in [0.2, 0.25) is 0 Å². The Morgan fingerprint density at radius 1 is 0.579 bits per heavy atom. The molecule has 0 bridgehead atoms. The molecule has 12 rings (SSSR count). The van der Waals surface area contributed by atoms with Crippen LogP contribution in [0.15, 0.2) is 169 Å². The normalized spacial score (nSPS) is 16.7. The third kappa shape index (κ3) is 5.32. The third-order valence-electron chi connectivity index (χ3n) is 11.8. The Hall–Kier alpha value is -6.31. The first-order chi connectivity index (χ1) is 28.2. The number of nitrogens with zero attached hydrogens (tertiary/aromatic N) is 2. The maximum absolute atomic E-state index is 5.29. The van der Waals surface area contributed by atoms with Gasteiger partial charge >= 0.3 is 0 Å². The molecule has 0 fully saturated rings. The largest absolute Gasteiger partial charge is 0.350 e. The summed E-state index contributed by atoms with van der Waals surface area (Å²) in [4.78, 5) is 5.29. The number of hydrogen-bond donors (Lipinski definition) is 2. The Morgan fingerprint density at radius 2 is 1.23 bits per heavy atom. The Labute approximate surface area is 338 Å². The standard InChI is InChI=1S/C51H36N4S2/c1-3-13-31(14-4-1)49-52-50(32-15-5-2-6-16-32)54-51(53-49)39-21-11-19-37-40-29-33(25-27-45(40)56-47(37)39)34-26-28-46-41(30-34)38-20-12-24-44(48(38)57-46)55-42-22-9-7-17-35(42)36-18-8-10-23-43(36)55/h1-7,9-17,19-30,49-50,52H,8,18H2,(H,53,54). The van der Waals surface area contributed by atoms with Gasteiger partial charge in [-0.05, 0) is 89.2 Å².